The van der Waals surface area contributed by atoms with Gasteiger partial charge in [-0.05, 0) is 18.8 Å². The largest absolute Gasteiger partial charge is 0.393 e. The Labute approximate surface area is 102 Å². The van der Waals surface area contributed by atoms with E-state index in [1.807, 2.05) is 14.0 Å². The Hall–Kier alpha value is -1.36. The molecule has 0 bridgehead atoms. The minimum Gasteiger partial charge on any atom is -0.393 e. The number of nitrogens with zero attached hydrogens (tertiary/aromatic N) is 3. The number of aromatic nitrogens is 2. The van der Waals surface area contributed by atoms with Gasteiger partial charge in [-0.25, -0.2) is 9.97 Å². The number of rotatable bonds is 4. The number of hydrogen-bond donors (Lipinski definition) is 2. The molecule has 0 unspecified atom stereocenters. The SMILES string of the molecule is CCc1nc(N)cc(N(C)CC2CC(O)C2)n1. The number of aliphatic hydroxyl groups is 1. The first-order chi connectivity index (χ1) is 8.08. The van der Waals surface area contributed by atoms with E-state index in [0.29, 0.717) is 11.7 Å². The summed E-state index contributed by atoms with van der Waals surface area (Å²) in [6.07, 6.45) is 2.47. The zero-order valence-electron chi connectivity index (χ0n) is 10.4. The summed E-state index contributed by atoms with van der Waals surface area (Å²) in [5.74, 6) is 2.74. The molecular formula is C12H20N4O. The van der Waals surface area contributed by atoms with Gasteiger partial charge in [0, 0.05) is 26.1 Å². The summed E-state index contributed by atoms with van der Waals surface area (Å²) < 4.78 is 0. The highest BCUT2D eigenvalue weighted by molar-refractivity contribution is 5.46. The average molecular weight is 236 g/mol. The number of nitrogen functional groups attached to an aromatic ring is 1. The normalized spacial score (nSPS) is 23.2. The molecule has 5 nitrogen and oxygen atoms in total. The molecule has 0 spiro atoms. The predicted molar refractivity (Wildman–Crippen MR) is 67.8 cm³/mol. The quantitative estimate of drug-likeness (QED) is 0.810. The van der Waals surface area contributed by atoms with Gasteiger partial charge >= 0.3 is 0 Å². The fraction of sp³-hybridized carbons (Fsp3) is 0.667. The van der Waals surface area contributed by atoms with Gasteiger partial charge in [-0.3, -0.25) is 0 Å². The predicted octanol–water partition coefficient (Wildman–Crippen LogP) is 0.828. The van der Waals surface area contributed by atoms with Crippen LogP contribution >= 0.6 is 0 Å². The van der Waals surface area contributed by atoms with Crippen molar-refractivity contribution in [3.63, 3.8) is 0 Å². The molecule has 1 aromatic heterocycles. The van der Waals surface area contributed by atoms with E-state index in [0.717, 1.165) is 37.4 Å². The molecule has 1 aliphatic rings. The third kappa shape index (κ3) is 2.85. The fourth-order valence-electron chi connectivity index (χ4n) is 2.19. The van der Waals surface area contributed by atoms with Crippen LogP contribution in [0.2, 0.25) is 0 Å². The molecule has 3 N–H and O–H groups in total. The molecule has 1 fully saturated rings. The maximum atomic E-state index is 9.26. The summed E-state index contributed by atoms with van der Waals surface area (Å²) in [4.78, 5) is 10.7. The highest BCUT2D eigenvalue weighted by Gasteiger charge is 2.28. The lowest BCUT2D eigenvalue weighted by atomic mass is 9.82. The van der Waals surface area contributed by atoms with Crippen LogP contribution in [0.4, 0.5) is 11.6 Å². The molecule has 0 atom stereocenters. The zero-order chi connectivity index (χ0) is 12.4. The lowest BCUT2D eigenvalue weighted by molar-refractivity contribution is 0.0464. The molecule has 2 rings (SSSR count). The Morgan fingerprint density at radius 3 is 2.76 bits per heavy atom. The van der Waals surface area contributed by atoms with Gasteiger partial charge in [-0.15, -0.1) is 0 Å². The van der Waals surface area contributed by atoms with E-state index in [4.69, 9.17) is 5.73 Å². The van der Waals surface area contributed by atoms with E-state index in [1.54, 1.807) is 6.07 Å². The molecule has 0 radical (unpaired) electrons. The number of anilines is 2. The highest BCUT2D eigenvalue weighted by atomic mass is 16.3. The lowest BCUT2D eigenvalue weighted by Crippen LogP contribution is -2.37. The van der Waals surface area contributed by atoms with E-state index in [1.165, 1.54) is 0 Å². The Bertz CT molecular complexity index is 390. The van der Waals surface area contributed by atoms with E-state index in [-0.39, 0.29) is 6.10 Å². The molecule has 17 heavy (non-hydrogen) atoms. The molecule has 0 aromatic carbocycles. The van der Waals surface area contributed by atoms with Gasteiger partial charge < -0.3 is 15.7 Å². The van der Waals surface area contributed by atoms with E-state index >= 15 is 0 Å². The third-order valence-corrected chi connectivity index (χ3v) is 3.23. The average Bonchev–Trinajstić information content (AvgIpc) is 2.26. The van der Waals surface area contributed by atoms with Crippen LogP contribution < -0.4 is 10.6 Å². The maximum Gasteiger partial charge on any atom is 0.134 e. The third-order valence-electron chi connectivity index (χ3n) is 3.23. The van der Waals surface area contributed by atoms with Crippen molar-refractivity contribution in [1.82, 2.24) is 9.97 Å². The van der Waals surface area contributed by atoms with Gasteiger partial charge in [0.2, 0.25) is 0 Å². The highest BCUT2D eigenvalue weighted by Crippen LogP contribution is 2.28. The van der Waals surface area contributed by atoms with Crippen molar-refractivity contribution in [1.29, 1.82) is 0 Å². The molecule has 94 valence electrons. The van der Waals surface area contributed by atoms with Crippen molar-refractivity contribution < 1.29 is 5.11 Å². The number of nitrogens with two attached hydrogens (primary N) is 1. The molecule has 0 aliphatic heterocycles. The van der Waals surface area contributed by atoms with E-state index in [9.17, 15) is 5.11 Å². The van der Waals surface area contributed by atoms with Crippen LogP contribution in [0.1, 0.15) is 25.6 Å². The first kappa shape index (κ1) is 12.1. The summed E-state index contributed by atoms with van der Waals surface area (Å²) in [6.45, 7) is 2.93. The summed E-state index contributed by atoms with van der Waals surface area (Å²) >= 11 is 0. The monoisotopic (exact) mass is 236 g/mol. The fourth-order valence-corrected chi connectivity index (χ4v) is 2.19. The second-order valence-electron chi connectivity index (χ2n) is 4.79. The van der Waals surface area contributed by atoms with Gasteiger partial charge in [-0.1, -0.05) is 6.92 Å². The molecule has 0 saturated heterocycles. The first-order valence-electron chi connectivity index (χ1n) is 6.11. The van der Waals surface area contributed by atoms with Crippen LogP contribution in [0.15, 0.2) is 6.07 Å². The van der Waals surface area contributed by atoms with Crippen LogP contribution in [0.25, 0.3) is 0 Å². The molecule has 0 amide bonds. The van der Waals surface area contributed by atoms with Crippen molar-refractivity contribution in [3.05, 3.63) is 11.9 Å². The summed E-state index contributed by atoms with van der Waals surface area (Å²) in [5.41, 5.74) is 5.75. The second kappa shape index (κ2) is 4.87. The summed E-state index contributed by atoms with van der Waals surface area (Å²) in [5, 5.41) is 9.26. The van der Waals surface area contributed by atoms with Gasteiger partial charge in [0.15, 0.2) is 0 Å². The molecule has 1 aromatic rings. The van der Waals surface area contributed by atoms with E-state index < -0.39 is 0 Å². The Kier molecular flexibility index (Phi) is 3.47. The Morgan fingerprint density at radius 2 is 2.18 bits per heavy atom. The minimum absolute atomic E-state index is 0.102. The number of aliphatic hydroxyl groups excluding tert-OH is 1. The van der Waals surface area contributed by atoms with Crippen molar-refractivity contribution in [3.8, 4) is 0 Å². The molecule has 1 aliphatic carbocycles. The van der Waals surface area contributed by atoms with Crippen molar-refractivity contribution in [2.24, 2.45) is 5.92 Å². The zero-order valence-corrected chi connectivity index (χ0v) is 10.4. The van der Waals surface area contributed by atoms with Gasteiger partial charge in [0.25, 0.3) is 0 Å². The van der Waals surface area contributed by atoms with Crippen LogP contribution in [-0.4, -0.2) is 34.8 Å². The maximum absolute atomic E-state index is 9.26. The van der Waals surface area contributed by atoms with E-state index in [2.05, 4.69) is 14.9 Å². The summed E-state index contributed by atoms with van der Waals surface area (Å²) in [6, 6.07) is 1.80. The van der Waals surface area contributed by atoms with Crippen LogP contribution in [0.3, 0.4) is 0 Å². The van der Waals surface area contributed by atoms with Gasteiger partial charge in [0.05, 0.1) is 6.10 Å². The number of aryl methyl sites for hydroxylation is 1. The Balaban J connectivity index is 2.02. The molecule has 1 saturated carbocycles. The van der Waals surface area contributed by atoms with Crippen LogP contribution in [0, 0.1) is 5.92 Å². The van der Waals surface area contributed by atoms with Crippen molar-refractivity contribution in [2.45, 2.75) is 32.3 Å². The van der Waals surface area contributed by atoms with Crippen molar-refractivity contribution in [2.75, 3.05) is 24.2 Å². The minimum atomic E-state index is -0.102. The molecule has 5 heteroatoms. The molecular weight excluding hydrogens is 216 g/mol. The molecule has 1 heterocycles. The standard InChI is InChI=1S/C12H20N4O/c1-3-11-14-10(13)6-12(15-11)16(2)7-8-4-9(17)5-8/h6,8-9,17H,3-5,7H2,1-2H3,(H2,13,14,15). The van der Waals surface area contributed by atoms with Gasteiger partial charge in [-0.2, -0.15) is 0 Å². The number of hydrogen-bond acceptors (Lipinski definition) is 5. The summed E-state index contributed by atoms with van der Waals surface area (Å²) in [7, 11) is 2.01. The lowest BCUT2D eigenvalue weighted by Gasteiger charge is -2.34. The van der Waals surface area contributed by atoms with Crippen LogP contribution in [-0.2, 0) is 6.42 Å². The van der Waals surface area contributed by atoms with Gasteiger partial charge in [0.1, 0.15) is 17.5 Å². The van der Waals surface area contributed by atoms with Crippen LogP contribution in [0.5, 0.6) is 0 Å². The smallest absolute Gasteiger partial charge is 0.134 e. The second-order valence-corrected chi connectivity index (χ2v) is 4.79. The topological polar surface area (TPSA) is 75.3 Å². The Morgan fingerprint density at radius 1 is 1.47 bits per heavy atom. The van der Waals surface area contributed by atoms with Crippen molar-refractivity contribution >= 4 is 11.6 Å². The first-order valence-corrected chi connectivity index (χ1v) is 6.11.